The van der Waals surface area contributed by atoms with Gasteiger partial charge >= 0.3 is 5.97 Å². The first-order chi connectivity index (χ1) is 11.8. The molecule has 1 aliphatic heterocycles. The Hall–Kier alpha value is -1.73. The maximum absolute atomic E-state index is 11.1. The van der Waals surface area contributed by atoms with E-state index in [4.69, 9.17) is 9.47 Å². The Morgan fingerprint density at radius 2 is 2.17 bits per heavy atom. The molecule has 3 rings (SSSR count). The van der Waals surface area contributed by atoms with Crippen LogP contribution in [0.25, 0.3) is 11.3 Å². The molecule has 0 aliphatic carbocycles. The Kier molecular flexibility index (Phi) is 5.98. The van der Waals surface area contributed by atoms with E-state index in [-0.39, 0.29) is 5.97 Å². The van der Waals surface area contributed by atoms with E-state index in [1.165, 1.54) is 7.11 Å². The summed E-state index contributed by atoms with van der Waals surface area (Å²) in [5.74, 6) is 2.63. The maximum atomic E-state index is 11.1. The number of hydrogen-bond donors (Lipinski definition) is 0. The molecule has 0 bridgehead atoms. The van der Waals surface area contributed by atoms with Gasteiger partial charge in [-0.1, -0.05) is 0 Å². The molecule has 5 nitrogen and oxygen atoms in total. The summed E-state index contributed by atoms with van der Waals surface area (Å²) in [5, 5.41) is 3.12. The van der Waals surface area contributed by atoms with Gasteiger partial charge in [0, 0.05) is 29.5 Å². The second kappa shape index (κ2) is 8.39. The van der Waals surface area contributed by atoms with E-state index in [0.717, 1.165) is 46.4 Å². The molecule has 2 aromatic rings. The van der Waals surface area contributed by atoms with Gasteiger partial charge in [0.15, 0.2) is 11.5 Å². The Morgan fingerprint density at radius 3 is 3.00 bits per heavy atom. The SMILES string of the molecule is COC(=O)CSCCc1nc(-c2ccc3c(c2)OCCCO3)cs1. The Balaban J connectivity index is 1.61. The molecule has 0 N–H and O–H groups in total. The van der Waals surface area contributed by atoms with Crippen molar-refractivity contribution in [2.75, 3.05) is 31.8 Å². The molecule has 0 fully saturated rings. The van der Waals surface area contributed by atoms with Gasteiger partial charge in [-0.2, -0.15) is 0 Å². The molecule has 0 spiro atoms. The van der Waals surface area contributed by atoms with Crippen molar-refractivity contribution in [3.63, 3.8) is 0 Å². The number of hydrogen-bond acceptors (Lipinski definition) is 7. The summed E-state index contributed by atoms with van der Waals surface area (Å²) in [7, 11) is 1.41. The average molecular weight is 365 g/mol. The minimum atomic E-state index is -0.188. The Morgan fingerprint density at radius 1 is 1.33 bits per heavy atom. The topological polar surface area (TPSA) is 57.7 Å². The molecule has 128 valence electrons. The molecule has 0 amide bonds. The van der Waals surface area contributed by atoms with E-state index in [1.54, 1.807) is 23.1 Å². The van der Waals surface area contributed by atoms with Gasteiger partial charge in [0.05, 0.1) is 36.8 Å². The molecule has 1 aromatic carbocycles. The summed E-state index contributed by atoms with van der Waals surface area (Å²) >= 11 is 3.20. The number of methoxy groups -OCH3 is 1. The largest absolute Gasteiger partial charge is 0.490 e. The highest BCUT2D eigenvalue weighted by atomic mass is 32.2. The number of carbonyl (C=O) groups is 1. The number of aromatic nitrogens is 1. The standard InChI is InChI=1S/C17H19NO4S2/c1-20-17(19)11-23-8-5-16-18-13(10-24-16)12-3-4-14-15(9-12)22-7-2-6-21-14/h3-4,9-10H,2,5-8,11H2,1H3. The van der Waals surface area contributed by atoms with Crippen LogP contribution < -0.4 is 9.47 Å². The number of nitrogens with zero attached hydrogens (tertiary/aromatic N) is 1. The molecule has 0 saturated carbocycles. The molecule has 1 aromatic heterocycles. The third-order valence-electron chi connectivity index (χ3n) is 3.50. The lowest BCUT2D eigenvalue weighted by molar-refractivity contribution is -0.137. The first-order valence-corrected chi connectivity index (χ1v) is 9.78. The van der Waals surface area contributed by atoms with Crippen LogP contribution in [0, 0.1) is 0 Å². The van der Waals surface area contributed by atoms with E-state index in [1.807, 2.05) is 18.2 Å². The third kappa shape index (κ3) is 4.42. The van der Waals surface area contributed by atoms with Crippen LogP contribution in [-0.2, 0) is 16.0 Å². The monoisotopic (exact) mass is 365 g/mol. The fraction of sp³-hybridized carbons (Fsp3) is 0.412. The van der Waals surface area contributed by atoms with Gasteiger partial charge in [-0.25, -0.2) is 4.98 Å². The molecule has 0 atom stereocenters. The van der Waals surface area contributed by atoms with Crippen molar-refractivity contribution in [2.45, 2.75) is 12.8 Å². The van der Waals surface area contributed by atoms with Crippen molar-refractivity contribution in [3.05, 3.63) is 28.6 Å². The predicted octanol–water partition coefficient (Wildman–Crippen LogP) is 3.42. The van der Waals surface area contributed by atoms with Crippen molar-refractivity contribution < 1.29 is 19.0 Å². The second-order valence-electron chi connectivity index (χ2n) is 5.22. The molecule has 24 heavy (non-hydrogen) atoms. The van der Waals surface area contributed by atoms with Crippen molar-refractivity contribution in [2.24, 2.45) is 0 Å². The number of thiazole rings is 1. The summed E-state index contributed by atoms with van der Waals surface area (Å²) in [5.41, 5.74) is 1.98. The van der Waals surface area contributed by atoms with Crippen LogP contribution in [0.5, 0.6) is 11.5 Å². The number of ether oxygens (including phenoxy) is 3. The molecule has 7 heteroatoms. The highest BCUT2D eigenvalue weighted by Crippen LogP contribution is 2.34. The lowest BCUT2D eigenvalue weighted by atomic mass is 10.1. The fourth-order valence-corrected chi connectivity index (χ4v) is 3.96. The quantitative estimate of drug-likeness (QED) is 0.577. The van der Waals surface area contributed by atoms with Crippen LogP contribution in [0.15, 0.2) is 23.6 Å². The average Bonchev–Trinajstić information content (AvgIpc) is 2.95. The zero-order valence-electron chi connectivity index (χ0n) is 13.4. The van der Waals surface area contributed by atoms with Crippen molar-refractivity contribution in [1.82, 2.24) is 4.98 Å². The van der Waals surface area contributed by atoms with Crippen LogP contribution >= 0.6 is 23.1 Å². The Bertz CT molecular complexity index is 702. The fourth-order valence-electron chi connectivity index (χ4n) is 2.25. The summed E-state index contributed by atoms with van der Waals surface area (Å²) in [6.45, 7) is 1.37. The summed E-state index contributed by atoms with van der Waals surface area (Å²) < 4.78 is 16.0. The molecular weight excluding hydrogens is 346 g/mol. The number of carbonyl (C=O) groups excluding carboxylic acids is 1. The highest BCUT2D eigenvalue weighted by Gasteiger charge is 2.13. The third-order valence-corrected chi connectivity index (χ3v) is 5.34. The van der Waals surface area contributed by atoms with Crippen molar-refractivity contribution in [1.29, 1.82) is 0 Å². The van der Waals surface area contributed by atoms with E-state index < -0.39 is 0 Å². The lowest BCUT2D eigenvalue weighted by Crippen LogP contribution is -2.04. The van der Waals surface area contributed by atoms with Gasteiger partial charge in [-0.05, 0) is 18.2 Å². The van der Waals surface area contributed by atoms with Gasteiger partial charge in [0.25, 0.3) is 0 Å². The second-order valence-corrected chi connectivity index (χ2v) is 7.27. The number of esters is 1. The zero-order valence-corrected chi connectivity index (χ0v) is 15.1. The maximum Gasteiger partial charge on any atom is 0.315 e. The van der Waals surface area contributed by atoms with Crippen LogP contribution in [-0.4, -0.2) is 42.8 Å². The van der Waals surface area contributed by atoms with Gasteiger partial charge in [0.2, 0.25) is 0 Å². The van der Waals surface area contributed by atoms with Gasteiger partial charge in [-0.3, -0.25) is 4.79 Å². The van der Waals surface area contributed by atoms with Gasteiger partial charge in [-0.15, -0.1) is 23.1 Å². The summed E-state index contributed by atoms with van der Waals surface area (Å²) in [6.07, 6.45) is 1.74. The van der Waals surface area contributed by atoms with Crippen LogP contribution in [0.3, 0.4) is 0 Å². The molecule has 0 saturated heterocycles. The van der Waals surface area contributed by atoms with Crippen molar-refractivity contribution in [3.8, 4) is 22.8 Å². The minimum absolute atomic E-state index is 0.188. The van der Waals surface area contributed by atoms with Crippen LogP contribution in [0.2, 0.25) is 0 Å². The van der Waals surface area contributed by atoms with Crippen molar-refractivity contribution >= 4 is 29.1 Å². The zero-order chi connectivity index (χ0) is 16.8. The summed E-state index contributed by atoms with van der Waals surface area (Å²) in [4.78, 5) is 15.8. The molecule has 0 radical (unpaired) electrons. The minimum Gasteiger partial charge on any atom is -0.490 e. The number of thioether (sulfide) groups is 1. The van der Waals surface area contributed by atoms with Crippen LogP contribution in [0.1, 0.15) is 11.4 Å². The number of benzene rings is 1. The number of fused-ring (bicyclic) bond motifs is 1. The number of aryl methyl sites for hydroxylation is 1. The van der Waals surface area contributed by atoms with E-state index in [2.05, 4.69) is 15.1 Å². The van der Waals surface area contributed by atoms with E-state index in [0.29, 0.717) is 19.0 Å². The van der Waals surface area contributed by atoms with E-state index >= 15 is 0 Å². The molecule has 1 aliphatic rings. The lowest BCUT2D eigenvalue weighted by Gasteiger charge is -2.08. The smallest absolute Gasteiger partial charge is 0.315 e. The first kappa shape index (κ1) is 17.1. The van der Waals surface area contributed by atoms with Gasteiger partial charge < -0.3 is 14.2 Å². The van der Waals surface area contributed by atoms with E-state index in [9.17, 15) is 4.79 Å². The predicted molar refractivity (Wildman–Crippen MR) is 96.2 cm³/mol. The Labute approximate surface area is 149 Å². The molecule has 0 unspecified atom stereocenters. The summed E-state index contributed by atoms with van der Waals surface area (Å²) in [6, 6.07) is 5.95. The first-order valence-electron chi connectivity index (χ1n) is 7.75. The molecular formula is C17H19NO4S2. The highest BCUT2D eigenvalue weighted by molar-refractivity contribution is 7.99. The van der Waals surface area contributed by atoms with Crippen LogP contribution in [0.4, 0.5) is 0 Å². The normalized spacial score (nSPS) is 13.4. The number of rotatable bonds is 6. The molecule has 2 heterocycles. The van der Waals surface area contributed by atoms with Gasteiger partial charge in [0.1, 0.15) is 0 Å².